The van der Waals surface area contributed by atoms with Gasteiger partial charge in [-0.25, -0.2) is 9.37 Å². The maximum Gasteiger partial charge on any atom is 0.191 e. The number of guanidine groups is 1. The van der Waals surface area contributed by atoms with Crippen LogP contribution in [0, 0.1) is 5.82 Å². The van der Waals surface area contributed by atoms with Crippen LogP contribution < -0.4 is 10.6 Å². The third-order valence-electron chi connectivity index (χ3n) is 3.87. The fourth-order valence-electron chi connectivity index (χ4n) is 2.49. The lowest BCUT2D eigenvalue weighted by Gasteiger charge is -2.10. The molecule has 0 fully saturated rings. The van der Waals surface area contributed by atoms with E-state index in [1.54, 1.807) is 30.5 Å². The van der Waals surface area contributed by atoms with Gasteiger partial charge in [0, 0.05) is 24.5 Å². The Bertz CT molecular complexity index is 850. The monoisotopic (exact) mass is 496 g/mol. The average molecular weight is 496 g/mol. The van der Waals surface area contributed by atoms with Gasteiger partial charge < -0.3 is 10.6 Å². The quantitative estimate of drug-likeness (QED) is 0.301. The highest BCUT2D eigenvalue weighted by atomic mass is 127. The number of halogens is 2. The second kappa shape index (κ2) is 11.0. The molecule has 3 rings (SSSR count). The first-order valence-corrected chi connectivity index (χ1v) is 9.31. The number of hydrogen-bond acceptors (Lipinski definition) is 3. The van der Waals surface area contributed by atoms with E-state index in [2.05, 4.69) is 38.1 Å². The lowest BCUT2D eigenvalue weighted by atomic mass is 10.1. The molecule has 2 N–H and O–H groups in total. The van der Waals surface area contributed by atoms with Crippen molar-refractivity contribution in [1.29, 1.82) is 0 Å². The molecule has 7 heteroatoms. The summed E-state index contributed by atoms with van der Waals surface area (Å²) in [6, 6.07) is 16.7. The molecule has 0 atom stereocenters. The van der Waals surface area contributed by atoms with Gasteiger partial charge in [0.25, 0.3) is 0 Å². The Morgan fingerprint density at radius 1 is 1.07 bits per heavy atom. The first-order chi connectivity index (χ1) is 12.7. The van der Waals surface area contributed by atoms with Gasteiger partial charge in [-0.3, -0.25) is 4.99 Å². The van der Waals surface area contributed by atoms with E-state index in [0.717, 1.165) is 40.8 Å². The molecule has 27 heavy (non-hydrogen) atoms. The molecule has 4 nitrogen and oxygen atoms in total. The van der Waals surface area contributed by atoms with Crippen LogP contribution in [-0.2, 0) is 13.0 Å². The van der Waals surface area contributed by atoms with Gasteiger partial charge >= 0.3 is 0 Å². The summed E-state index contributed by atoms with van der Waals surface area (Å²) in [4.78, 5) is 8.89. The van der Waals surface area contributed by atoms with E-state index in [1.807, 2.05) is 18.2 Å². The number of thiazole rings is 1. The van der Waals surface area contributed by atoms with Gasteiger partial charge in [-0.15, -0.1) is 35.3 Å². The van der Waals surface area contributed by atoms with Crippen LogP contribution in [0.3, 0.4) is 0 Å². The molecule has 1 heterocycles. The fraction of sp³-hybridized carbons (Fsp3) is 0.200. The largest absolute Gasteiger partial charge is 0.356 e. The zero-order valence-corrected chi connectivity index (χ0v) is 18.1. The van der Waals surface area contributed by atoms with Gasteiger partial charge in [-0.1, -0.05) is 42.5 Å². The summed E-state index contributed by atoms with van der Waals surface area (Å²) in [6.07, 6.45) is 0.802. The molecular formula is C20H22FIN4S. The van der Waals surface area contributed by atoms with E-state index in [-0.39, 0.29) is 29.8 Å². The number of nitrogens with one attached hydrogen (secondary N) is 2. The van der Waals surface area contributed by atoms with E-state index < -0.39 is 0 Å². The van der Waals surface area contributed by atoms with Gasteiger partial charge in [-0.2, -0.15) is 0 Å². The number of hydrogen-bond donors (Lipinski definition) is 2. The maximum atomic E-state index is 12.9. The maximum absolute atomic E-state index is 12.9. The second-order valence-corrected chi connectivity index (χ2v) is 6.66. The van der Waals surface area contributed by atoms with Gasteiger partial charge in [0.05, 0.1) is 12.2 Å². The molecule has 0 aliphatic rings. The molecule has 0 aliphatic carbocycles. The highest BCUT2D eigenvalue weighted by Gasteiger charge is 2.05. The van der Waals surface area contributed by atoms with E-state index in [4.69, 9.17) is 0 Å². The fourth-order valence-corrected chi connectivity index (χ4v) is 3.23. The highest BCUT2D eigenvalue weighted by Crippen LogP contribution is 2.21. The summed E-state index contributed by atoms with van der Waals surface area (Å²) in [5, 5.41) is 9.61. The Kier molecular flexibility index (Phi) is 8.66. The third kappa shape index (κ3) is 6.59. The van der Waals surface area contributed by atoms with Crippen molar-refractivity contribution in [2.75, 3.05) is 13.6 Å². The smallest absolute Gasteiger partial charge is 0.191 e. The predicted octanol–water partition coefficient (Wildman–Crippen LogP) is 4.47. The summed E-state index contributed by atoms with van der Waals surface area (Å²) in [5.41, 5.74) is 3.20. The molecule has 0 saturated carbocycles. The predicted molar refractivity (Wildman–Crippen MR) is 121 cm³/mol. The van der Waals surface area contributed by atoms with Crippen molar-refractivity contribution < 1.29 is 4.39 Å². The van der Waals surface area contributed by atoms with E-state index in [0.29, 0.717) is 6.54 Å². The van der Waals surface area contributed by atoms with Crippen LogP contribution in [0.1, 0.15) is 10.6 Å². The Hall–Kier alpha value is -2.00. The van der Waals surface area contributed by atoms with E-state index >= 15 is 0 Å². The number of benzene rings is 2. The summed E-state index contributed by atoms with van der Waals surface area (Å²) >= 11 is 1.63. The Morgan fingerprint density at radius 2 is 1.81 bits per heavy atom. The molecule has 0 bridgehead atoms. The summed E-state index contributed by atoms with van der Waals surface area (Å²) in [7, 11) is 1.74. The number of nitrogens with zero attached hydrogens (tertiary/aromatic N) is 2. The first-order valence-electron chi connectivity index (χ1n) is 8.43. The van der Waals surface area contributed by atoms with Crippen molar-refractivity contribution in [3.8, 4) is 11.3 Å². The van der Waals surface area contributed by atoms with Crippen LogP contribution in [0.15, 0.2) is 65.0 Å². The van der Waals surface area contributed by atoms with Crippen LogP contribution in [0.5, 0.6) is 0 Å². The van der Waals surface area contributed by atoms with Crippen molar-refractivity contribution >= 4 is 41.3 Å². The first kappa shape index (κ1) is 21.3. The molecule has 3 aromatic rings. The zero-order chi connectivity index (χ0) is 18.2. The van der Waals surface area contributed by atoms with Crippen LogP contribution in [0.25, 0.3) is 11.3 Å². The van der Waals surface area contributed by atoms with Crippen molar-refractivity contribution in [3.05, 3.63) is 76.4 Å². The SMILES string of the molecule is CN=C(NCCc1ccc(F)cc1)NCc1nc(-c2ccccc2)cs1.I. The number of rotatable bonds is 6. The van der Waals surface area contributed by atoms with E-state index in [9.17, 15) is 4.39 Å². The standard InChI is InChI=1S/C20H21FN4S.HI/c1-22-20(23-12-11-15-7-9-17(21)10-8-15)24-13-19-25-18(14-26-19)16-5-3-2-4-6-16;/h2-10,14H,11-13H2,1H3,(H2,22,23,24);1H. The van der Waals surface area contributed by atoms with Gasteiger partial charge in [0.2, 0.25) is 0 Å². The summed E-state index contributed by atoms with van der Waals surface area (Å²) in [5.74, 6) is 0.515. The van der Waals surface area contributed by atoms with Crippen LogP contribution >= 0.6 is 35.3 Å². The zero-order valence-electron chi connectivity index (χ0n) is 15.0. The Balaban J connectivity index is 0.00000261. The molecule has 0 spiro atoms. The minimum Gasteiger partial charge on any atom is -0.356 e. The van der Waals surface area contributed by atoms with Gasteiger partial charge in [-0.05, 0) is 24.1 Å². The lowest BCUT2D eigenvalue weighted by molar-refractivity contribution is 0.626. The number of aromatic nitrogens is 1. The van der Waals surface area contributed by atoms with Gasteiger partial charge in [0.1, 0.15) is 10.8 Å². The Labute approximate surface area is 180 Å². The second-order valence-electron chi connectivity index (χ2n) is 5.72. The molecular weight excluding hydrogens is 474 g/mol. The van der Waals surface area contributed by atoms with Crippen LogP contribution in [-0.4, -0.2) is 24.5 Å². The number of aliphatic imine (C=N–C) groups is 1. The average Bonchev–Trinajstić information content (AvgIpc) is 3.16. The van der Waals surface area contributed by atoms with Crippen molar-refractivity contribution in [1.82, 2.24) is 15.6 Å². The minimum atomic E-state index is -0.211. The molecule has 1 aromatic heterocycles. The molecule has 142 valence electrons. The van der Waals surface area contributed by atoms with Gasteiger partial charge in [0.15, 0.2) is 5.96 Å². The third-order valence-corrected chi connectivity index (χ3v) is 4.72. The van der Waals surface area contributed by atoms with Crippen molar-refractivity contribution in [3.63, 3.8) is 0 Å². The molecule has 2 aromatic carbocycles. The minimum absolute atomic E-state index is 0. The summed E-state index contributed by atoms with van der Waals surface area (Å²) < 4.78 is 12.9. The van der Waals surface area contributed by atoms with Crippen LogP contribution in [0.4, 0.5) is 4.39 Å². The van der Waals surface area contributed by atoms with Crippen LogP contribution in [0.2, 0.25) is 0 Å². The normalized spacial score (nSPS) is 11.0. The van der Waals surface area contributed by atoms with Crippen molar-refractivity contribution in [2.24, 2.45) is 4.99 Å². The molecule has 0 aliphatic heterocycles. The molecule has 0 unspecified atom stereocenters. The topological polar surface area (TPSA) is 49.3 Å². The Morgan fingerprint density at radius 3 is 2.52 bits per heavy atom. The highest BCUT2D eigenvalue weighted by molar-refractivity contribution is 14.0. The molecule has 0 saturated heterocycles. The molecule has 0 amide bonds. The van der Waals surface area contributed by atoms with E-state index in [1.165, 1.54) is 12.1 Å². The molecule has 0 radical (unpaired) electrons. The lowest BCUT2D eigenvalue weighted by Crippen LogP contribution is -2.37. The summed E-state index contributed by atoms with van der Waals surface area (Å²) in [6.45, 7) is 1.34. The van der Waals surface area contributed by atoms with Crippen molar-refractivity contribution in [2.45, 2.75) is 13.0 Å².